The van der Waals surface area contributed by atoms with E-state index in [1.807, 2.05) is 11.5 Å². The lowest BCUT2D eigenvalue weighted by Crippen LogP contribution is -2.27. The summed E-state index contributed by atoms with van der Waals surface area (Å²) in [5, 5.41) is 23.6. The molecule has 1 saturated heterocycles. The van der Waals surface area contributed by atoms with Gasteiger partial charge in [0.1, 0.15) is 11.5 Å². The zero-order valence-electron chi connectivity index (χ0n) is 16.6. The average Bonchev–Trinajstić information content (AvgIpc) is 3.45. The third-order valence-electron chi connectivity index (χ3n) is 5.64. The Hall–Kier alpha value is -2.60. The third kappa shape index (κ3) is 3.33. The number of anilines is 1. The Kier molecular flexibility index (Phi) is 5.11. The molecule has 2 aromatic heterocycles. The van der Waals surface area contributed by atoms with E-state index in [4.69, 9.17) is 0 Å². The van der Waals surface area contributed by atoms with Crippen LogP contribution < -0.4 is 5.32 Å². The highest BCUT2D eigenvalue weighted by Crippen LogP contribution is 2.39. The highest BCUT2D eigenvalue weighted by molar-refractivity contribution is 7.99. The van der Waals surface area contributed by atoms with Gasteiger partial charge in [0.05, 0.1) is 18.5 Å². The van der Waals surface area contributed by atoms with Gasteiger partial charge in [-0.3, -0.25) is 4.57 Å². The molecule has 0 bridgehead atoms. The number of benzene rings is 1. The maximum Gasteiger partial charge on any atom is 0.208 e. The molecule has 0 radical (unpaired) electrons. The van der Waals surface area contributed by atoms with Crippen LogP contribution in [0.25, 0.3) is 11.2 Å². The van der Waals surface area contributed by atoms with Gasteiger partial charge in [-0.1, -0.05) is 37.1 Å². The number of hydrogen-bond acceptors (Lipinski definition) is 7. The summed E-state index contributed by atoms with van der Waals surface area (Å²) in [5.41, 5.74) is 3.91. The summed E-state index contributed by atoms with van der Waals surface area (Å²) in [7, 11) is 0. The predicted octanol–water partition coefficient (Wildman–Crippen LogP) is 2.65. The minimum Gasteiger partial charge on any atom is -0.389 e. The summed E-state index contributed by atoms with van der Waals surface area (Å²) in [6.07, 6.45) is 2.77. The van der Waals surface area contributed by atoms with Crippen LogP contribution in [0.4, 0.5) is 5.82 Å². The van der Waals surface area contributed by atoms with Gasteiger partial charge in [-0.25, -0.2) is 15.0 Å². The molecule has 5 rings (SSSR count). The number of aliphatic hydroxyl groups excluding tert-OH is 2. The number of thioether (sulfide) groups is 1. The van der Waals surface area contributed by atoms with Crippen LogP contribution in [0.15, 0.2) is 30.6 Å². The smallest absolute Gasteiger partial charge is 0.208 e. The zero-order valence-corrected chi connectivity index (χ0v) is 17.4. The van der Waals surface area contributed by atoms with E-state index in [0.717, 1.165) is 12.8 Å². The molecule has 1 fully saturated rings. The molecule has 0 unspecified atom stereocenters. The second kappa shape index (κ2) is 7.91. The number of nitrogens with one attached hydrogen (secondary N) is 1. The van der Waals surface area contributed by atoms with Crippen LogP contribution in [0.1, 0.15) is 48.1 Å². The number of aryl methyl sites for hydroxylation is 1. The van der Waals surface area contributed by atoms with Gasteiger partial charge in [-0.05, 0) is 29.9 Å². The minimum atomic E-state index is -0.870. The van der Waals surface area contributed by atoms with Crippen LogP contribution in [-0.2, 0) is 6.42 Å². The molecule has 3 N–H and O–H groups in total. The number of rotatable bonds is 3. The highest BCUT2D eigenvalue weighted by atomic mass is 32.2. The van der Waals surface area contributed by atoms with Crippen LogP contribution in [0.2, 0.25) is 0 Å². The van der Waals surface area contributed by atoms with E-state index in [0.29, 0.717) is 35.0 Å². The first-order chi connectivity index (χ1) is 14.7. The second-order valence-electron chi connectivity index (χ2n) is 7.59. The Morgan fingerprint density at radius 2 is 2.13 bits per heavy atom. The van der Waals surface area contributed by atoms with E-state index >= 15 is 0 Å². The minimum absolute atomic E-state index is 0.157. The van der Waals surface area contributed by atoms with E-state index < -0.39 is 12.2 Å². The van der Waals surface area contributed by atoms with Gasteiger partial charge in [0.25, 0.3) is 0 Å². The van der Waals surface area contributed by atoms with Crippen LogP contribution in [-0.4, -0.2) is 47.7 Å². The van der Waals surface area contributed by atoms with Crippen molar-refractivity contribution in [2.75, 3.05) is 11.1 Å². The summed E-state index contributed by atoms with van der Waals surface area (Å²) in [4.78, 5) is 13.8. The monoisotopic (exact) mass is 421 g/mol. The molecule has 30 heavy (non-hydrogen) atoms. The van der Waals surface area contributed by atoms with E-state index in [9.17, 15) is 10.2 Å². The molecule has 0 amide bonds. The molecule has 1 aliphatic heterocycles. The predicted molar refractivity (Wildman–Crippen MR) is 117 cm³/mol. The summed E-state index contributed by atoms with van der Waals surface area (Å²) >= 11 is 1.49. The Bertz CT molecular complexity index is 1150. The first-order valence-corrected chi connectivity index (χ1v) is 11.3. The molecular weight excluding hydrogens is 398 g/mol. The van der Waals surface area contributed by atoms with Crippen molar-refractivity contribution in [1.29, 1.82) is 0 Å². The van der Waals surface area contributed by atoms with Gasteiger partial charge in [0.15, 0.2) is 17.0 Å². The van der Waals surface area contributed by atoms with Crippen LogP contribution >= 0.6 is 11.8 Å². The normalized spacial score (nSPS) is 25.2. The lowest BCUT2D eigenvalue weighted by atomic mass is 10.1. The Morgan fingerprint density at radius 3 is 2.93 bits per heavy atom. The fourth-order valence-corrected chi connectivity index (χ4v) is 5.41. The summed E-state index contributed by atoms with van der Waals surface area (Å²) in [6.45, 7) is 1.98. The molecule has 8 heteroatoms. The maximum atomic E-state index is 10.4. The lowest BCUT2D eigenvalue weighted by molar-refractivity contribution is 0.0313. The van der Waals surface area contributed by atoms with E-state index in [-0.39, 0.29) is 11.4 Å². The summed E-state index contributed by atoms with van der Waals surface area (Å²) in [6, 6.07) is 8.62. The van der Waals surface area contributed by atoms with E-state index in [1.54, 1.807) is 6.33 Å². The number of aromatic nitrogens is 4. The maximum absolute atomic E-state index is 10.4. The molecule has 2 aliphatic rings. The molecule has 4 atom stereocenters. The Morgan fingerprint density at radius 1 is 1.27 bits per heavy atom. The quantitative estimate of drug-likeness (QED) is 0.560. The van der Waals surface area contributed by atoms with Gasteiger partial charge < -0.3 is 15.5 Å². The van der Waals surface area contributed by atoms with Crippen LogP contribution in [0.3, 0.4) is 0 Å². The second-order valence-corrected chi connectivity index (χ2v) is 8.74. The lowest BCUT2D eigenvalue weighted by Gasteiger charge is -2.18. The van der Waals surface area contributed by atoms with Crippen molar-refractivity contribution >= 4 is 28.7 Å². The Balaban J connectivity index is 1.57. The molecular formula is C22H23N5O2S. The van der Waals surface area contributed by atoms with Crippen molar-refractivity contribution in [2.45, 2.75) is 49.8 Å². The van der Waals surface area contributed by atoms with Gasteiger partial charge in [-0.15, -0.1) is 11.8 Å². The van der Waals surface area contributed by atoms with Gasteiger partial charge in [0, 0.05) is 12.2 Å². The molecule has 3 aromatic rings. The van der Waals surface area contributed by atoms with Crippen molar-refractivity contribution in [3.63, 3.8) is 0 Å². The standard InChI is InChI=1S/C22H23N5O2S/c1-2-3-8-17-25-20(24-15-10-9-13-6-4-5-7-14(13)15)18-21(26-17)27(12-23-18)22-19(29)16(28)11-30-22/h4-7,12,15-16,19,22,28-29H,2,9-11H2,1H3,(H,24,25,26)/t15-,16+,19+,22+/m0/s1. The fourth-order valence-electron chi connectivity index (χ4n) is 4.13. The van der Waals surface area contributed by atoms with Crippen LogP contribution in [0.5, 0.6) is 0 Å². The number of fused-ring (bicyclic) bond motifs is 2. The van der Waals surface area contributed by atoms with Gasteiger partial charge in [-0.2, -0.15) is 0 Å². The van der Waals surface area contributed by atoms with Crippen molar-refractivity contribution in [3.8, 4) is 11.8 Å². The highest BCUT2D eigenvalue weighted by Gasteiger charge is 2.36. The molecule has 3 heterocycles. The van der Waals surface area contributed by atoms with E-state index in [1.165, 1.54) is 22.9 Å². The van der Waals surface area contributed by atoms with Crippen molar-refractivity contribution in [2.24, 2.45) is 0 Å². The molecule has 0 spiro atoms. The summed E-state index contributed by atoms with van der Waals surface area (Å²) in [5.74, 6) is 7.62. The number of nitrogens with zero attached hydrogens (tertiary/aromatic N) is 4. The molecule has 7 nitrogen and oxygen atoms in total. The molecule has 1 aromatic carbocycles. The van der Waals surface area contributed by atoms with Crippen molar-refractivity contribution in [1.82, 2.24) is 19.5 Å². The Labute approximate surface area is 179 Å². The zero-order chi connectivity index (χ0) is 20.7. The van der Waals surface area contributed by atoms with Gasteiger partial charge >= 0.3 is 0 Å². The third-order valence-corrected chi connectivity index (χ3v) is 7.02. The topological polar surface area (TPSA) is 96.1 Å². The average molecular weight is 422 g/mol. The number of imidazole rings is 1. The van der Waals surface area contributed by atoms with Crippen molar-refractivity contribution in [3.05, 3.63) is 47.5 Å². The van der Waals surface area contributed by atoms with Crippen molar-refractivity contribution < 1.29 is 10.2 Å². The number of hydrogen-bond donors (Lipinski definition) is 3. The largest absolute Gasteiger partial charge is 0.389 e. The van der Waals surface area contributed by atoms with Gasteiger partial charge in [0.2, 0.25) is 5.82 Å². The fraction of sp³-hybridized carbons (Fsp3) is 0.409. The molecule has 154 valence electrons. The molecule has 0 saturated carbocycles. The first-order valence-electron chi connectivity index (χ1n) is 10.2. The summed E-state index contributed by atoms with van der Waals surface area (Å²) < 4.78 is 1.83. The van der Waals surface area contributed by atoms with E-state index in [2.05, 4.69) is 56.4 Å². The molecule has 1 aliphatic carbocycles. The first kappa shape index (κ1) is 19.4. The van der Waals surface area contributed by atoms with Crippen LogP contribution in [0, 0.1) is 11.8 Å². The number of aliphatic hydroxyl groups is 2. The SMILES string of the molecule is CCC#Cc1nc(N[C@H]2CCc3ccccc32)c2ncn([C@@H]3SC[C@@H](O)[C@H]3O)c2n1.